The quantitative estimate of drug-likeness (QED) is 0.238. The van der Waals surface area contributed by atoms with Gasteiger partial charge in [0.25, 0.3) is 16.0 Å². The number of rotatable bonds is 11. The lowest BCUT2D eigenvalue weighted by atomic mass is 9.84. The summed E-state index contributed by atoms with van der Waals surface area (Å²) in [5.41, 5.74) is 6.56. The van der Waals surface area contributed by atoms with E-state index in [1.165, 1.54) is 24.3 Å². The van der Waals surface area contributed by atoms with Crippen LogP contribution in [0.2, 0.25) is 0 Å². The van der Waals surface area contributed by atoms with Crippen molar-refractivity contribution in [3.05, 3.63) is 53.1 Å². The topological polar surface area (TPSA) is 152 Å². The first-order valence-corrected chi connectivity index (χ1v) is 17.5. The van der Waals surface area contributed by atoms with Gasteiger partial charge in [-0.3, -0.25) is 9.35 Å². The number of nitrogens with two attached hydrogens (primary N) is 1. The summed E-state index contributed by atoms with van der Waals surface area (Å²) in [6.45, 7) is 8.44. The van der Waals surface area contributed by atoms with E-state index in [1.807, 2.05) is 13.8 Å². The van der Waals surface area contributed by atoms with E-state index in [4.69, 9.17) is 15.0 Å². The Hall–Kier alpha value is -3.69. The van der Waals surface area contributed by atoms with Crippen molar-refractivity contribution in [2.45, 2.75) is 76.2 Å². The van der Waals surface area contributed by atoms with E-state index in [0.29, 0.717) is 29.7 Å². The molecule has 1 aromatic heterocycles. The fourth-order valence-corrected chi connectivity index (χ4v) is 7.00. The normalized spacial score (nSPS) is 18.4. The summed E-state index contributed by atoms with van der Waals surface area (Å²) in [6, 6.07) is 5.31. The first kappa shape index (κ1) is 35.6. The first-order valence-electron chi connectivity index (χ1n) is 16.1. The van der Waals surface area contributed by atoms with Crippen LogP contribution in [0.4, 0.5) is 19.2 Å². The van der Waals surface area contributed by atoms with Gasteiger partial charge in [0.15, 0.2) is 5.82 Å². The van der Waals surface area contributed by atoms with Crippen molar-refractivity contribution in [3.8, 4) is 16.9 Å². The van der Waals surface area contributed by atoms with Crippen molar-refractivity contribution >= 4 is 22.0 Å². The third kappa shape index (κ3) is 7.95. The second kappa shape index (κ2) is 14.0. The van der Waals surface area contributed by atoms with E-state index in [0.717, 1.165) is 36.9 Å². The summed E-state index contributed by atoms with van der Waals surface area (Å²) < 4.78 is 89.6. The van der Waals surface area contributed by atoms with E-state index >= 15 is 4.39 Å². The largest absolute Gasteiger partial charge is 0.493 e. The maximum absolute atomic E-state index is 15.6. The number of carbonyl (C=O) groups is 1. The summed E-state index contributed by atoms with van der Waals surface area (Å²) in [6.07, 6.45) is 1.87. The Morgan fingerprint density at radius 3 is 2.46 bits per heavy atom. The lowest BCUT2D eigenvalue weighted by molar-refractivity contribution is -0.133. The van der Waals surface area contributed by atoms with Gasteiger partial charge in [0, 0.05) is 54.7 Å². The van der Waals surface area contributed by atoms with Gasteiger partial charge in [-0.05, 0) is 56.2 Å². The molecule has 5 rings (SSSR count). The highest BCUT2D eigenvalue weighted by Crippen LogP contribution is 2.39. The number of aryl methyl sites for hydroxylation is 1. The maximum atomic E-state index is 15.6. The molecule has 262 valence electrons. The van der Waals surface area contributed by atoms with Gasteiger partial charge < -0.3 is 24.8 Å². The van der Waals surface area contributed by atoms with Gasteiger partial charge in [-0.1, -0.05) is 37.6 Å². The van der Waals surface area contributed by atoms with Crippen LogP contribution in [0, 0.1) is 24.6 Å². The Kier molecular flexibility index (Phi) is 10.4. The predicted molar refractivity (Wildman–Crippen MR) is 172 cm³/mol. The molecule has 2 atom stereocenters. The minimum atomic E-state index is -4.74. The minimum absolute atomic E-state index is 0.0153. The van der Waals surface area contributed by atoms with Crippen molar-refractivity contribution in [2.75, 3.05) is 37.7 Å². The van der Waals surface area contributed by atoms with E-state index in [-0.39, 0.29) is 47.4 Å². The third-order valence-electron chi connectivity index (χ3n) is 9.28. The van der Waals surface area contributed by atoms with Crippen LogP contribution in [0.25, 0.3) is 11.1 Å². The highest BCUT2D eigenvalue weighted by Gasteiger charge is 2.42. The Morgan fingerprint density at radius 2 is 1.85 bits per heavy atom. The number of aromatic nitrogens is 2. The average Bonchev–Trinajstić information content (AvgIpc) is 3.67. The number of carbonyl (C=O) groups excluding carboxylic acids is 1. The van der Waals surface area contributed by atoms with Crippen LogP contribution in [-0.4, -0.2) is 72.6 Å². The zero-order valence-electron chi connectivity index (χ0n) is 27.5. The number of alkyl halides is 2. The van der Waals surface area contributed by atoms with Crippen molar-refractivity contribution < 1.29 is 40.2 Å². The van der Waals surface area contributed by atoms with E-state index < -0.39 is 51.7 Å². The summed E-state index contributed by atoms with van der Waals surface area (Å²) >= 11 is 0. The van der Waals surface area contributed by atoms with Gasteiger partial charge in [0.1, 0.15) is 22.5 Å². The summed E-state index contributed by atoms with van der Waals surface area (Å²) in [5, 5.41) is 4.05. The lowest BCUT2D eigenvalue weighted by Crippen LogP contribution is -2.38. The fraction of sp³-hybridized carbons (Fsp3) is 0.545. The van der Waals surface area contributed by atoms with Gasteiger partial charge in [-0.2, -0.15) is 13.4 Å². The summed E-state index contributed by atoms with van der Waals surface area (Å²) in [7, 11) is -4.74. The number of ether oxygens (including phenoxy) is 1. The molecule has 48 heavy (non-hydrogen) atoms. The second-order valence-electron chi connectivity index (χ2n) is 13.2. The molecule has 2 aromatic carbocycles. The molecule has 3 N–H and O–H groups in total. The number of likely N-dealkylation sites (tertiary alicyclic amines) is 1. The highest BCUT2D eigenvalue weighted by molar-refractivity contribution is 7.86. The highest BCUT2D eigenvalue weighted by atomic mass is 32.2. The molecule has 2 aliphatic rings. The molecule has 2 aliphatic heterocycles. The molecule has 15 heteroatoms. The number of piperidine rings is 1. The Morgan fingerprint density at radius 1 is 1.15 bits per heavy atom. The number of amides is 1. The molecule has 0 saturated carbocycles. The smallest absolute Gasteiger partial charge is 0.324 e. The average molecular weight is 694 g/mol. The molecule has 0 spiro atoms. The zero-order chi connectivity index (χ0) is 35.0. The Labute approximate surface area is 278 Å². The molecule has 3 heterocycles. The van der Waals surface area contributed by atoms with Crippen molar-refractivity contribution in [2.24, 2.45) is 17.6 Å². The number of halogens is 3. The molecule has 0 radical (unpaired) electrons. The van der Waals surface area contributed by atoms with Gasteiger partial charge >= 0.3 is 6.01 Å². The second-order valence-corrected chi connectivity index (χ2v) is 14.6. The van der Waals surface area contributed by atoms with Gasteiger partial charge in [0.2, 0.25) is 5.91 Å². The van der Waals surface area contributed by atoms with Crippen molar-refractivity contribution in [3.63, 3.8) is 0 Å². The molecule has 0 aliphatic carbocycles. The van der Waals surface area contributed by atoms with Crippen LogP contribution in [0.15, 0.2) is 39.8 Å². The number of hydrogen-bond donors (Lipinski definition) is 2. The number of hydrogen-bond acceptors (Lipinski definition) is 9. The van der Waals surface area contributed by atoms with Crippen LogP contribution in [0.5, 0.6) is 5.75 Å². The molecule has 0 bridgehead atoms. The van der Waals surface area contributed by atoms with Crippen LogP contribution in [0.1, 0.15) is 75.4 Å². The Balaban J connectivity index is 1.34. The van der Waals surface area contributed by atoms with E-state index in [2.05, 4.69) is 22.0 Å². The summed E-state index contributed by atoms with van der Waals surface area (Å²) in [5.74, 6) is -3.44. The fourth-order valence-electron chi connectivity index (χ4n) is 6.31. The van der Waals surface area contributed by atoms with Gasteiger partial charge in [-0.25, -0.2) is 13.2 Å². The number of nitrogens with zero attached hydrogens (tertiary/aromatic N) is 4. The molecule has 1 unspecified atom stereocenters. The van der Waals surface area contributed by atoms with E-state index in [1.54, 1.807) is 6.92 Å². The first-order chi connectivity index (χ1) is 22.5. The minimum Gasteiger partial charge on any atom is -0.493 e. The van der Waals surface area contributed by atoms with Crippen molar-refractivity contribution in [1.29, 1.82) is 0 Å². The molecule has 11 nitrogen and oxygen atoms in total. The standard InChI is InChI=1S/C33H42F3N5O6S/c1-19(2)30-38-32(47-39-30)40-11-7-22(8-12-40)21(4)9-14-46-27-17-26(34)25(29(37)31(42)41-13-10-33(35,36)18-41)16-23(27)24-15-20(3)5-6-28(24)48(43,44)45/h5-6,15-17,19,21-22,29H,7-14,18,37H2,1-4H3,(H,43,44,45)/t21-,29?/m1/s1. The zero-order valence-corrected chi connectivity index (χ0v) is 28.3. The molecule has 1 amide bonds. The lowest BCUT2D eigenvalue weighted by Gasteiger charge is -2.33. The van der Waals surface area contributed by atoms with Crippen LogP contribution >= 0.6 is 0 Å². The predicted octanol–water partition coefficient (Wildman–Crippen LogP) is 5.74. The maximum Gasteiger partial charge on any atom is 0.324 e. The monoisotopic (exact) mass is 693 g/mol. The number of anilines is 1. The van der Waals surface area contributed by atoms with Crippen LogP contribution in [0.3, 0.4) is 0 Å². The van der Waals surface area contributed by atoms with Crippen LogP contribution in [-0.2, 0) is 14.9 Å². The van der Waals surface area contributed by atoms with Gasteiger partial charge in [-0.15, -0.1) is 0 Å². The molecular formula is C33H42F3N5O6S. The molecule has 2 fully saturated rings. The third-order valence-corrected chi connectivity index (χ3v) is 10.2. The molecule has 2 saturated heterocycles. The number of benzene rings is 2. The Bertz CT molecular complexity index is 1740. The van der Waals surface area contributed by atoms with Crippen LogP contribution < -0.4 is 15.4 Å². The van der Waals surface area contributed by atoms with E-state index in [9.17, 15) is 26.5 Å². The SMILES string of the molecule is Cc1ccc(S(=O)(=O)O)c(-c2cc(C(N)C(=O)N3CCC(F)(F)C3)c(F)cc2OCC[C@@H](C)C2CCN(c3nc(C(C)C)no3)CC2)c1. The van der Waals surface area contributed by atoms with Gasteiger partial charge in [0.05, 0.1) is 13.2 Å². The molecule has 3 aromatic rings. The molecular weight excluding hydrogens is 651 g/mol. The van der Waals surface area contributed by atoms with Crippen molar-refractivity contribution in [1.82, 2.24) is 15.0 Å². The summed E-state index contributed by atoms with van der Waals surface area (Å²) in [4.78, 5) is 20.1.